The molecule has 0 radical (unpaired) electrons. The van der Waals surface area contributed by atoms with Crippen LogP contribution in [0.3, 0.4) is 0 Å². The Kier molecular flexibility index (Phi) is 17.7. The zero-order valence-corrected chi connectivity index (χ0v) is 19.5. The number of benzene rings is 1. The number of aliphatic imine (C=N–C) groups is 1. The van der Waals surface area contributed by atoms with Gasteiger partial charge in [-0.3, -0.25) is 4.99 Å². The smallest absolute Gasteiger partial charge is 0.119 e. The molecular weight excluding hydrogens is 354 g/mol. The first-order valence-electron chi connectivity index (χ1n) is 12.6. The first-order chi connectivity index (χ1) is 14.4. The molecule has 0 bridgehead atoms. The van der Waals surface area contributed by atoms with Gasteiger partial charge in [-0.15, -0.1) is 0 Å². The molecule has 166 valence electrons. The van der Waals surface area contributed by atoms with Crippen molar-refractivity contribution >= 4 is 6.21 Å². The highest BCUT2D eigenvalue weighted by Gasteiger charge is 1.96. The third kappa shape index (κ3) is 16.2. The predicted octanol–water partition coefficient (Wildman–Crippen LogP) is 8.77. The predicted molar refractivity (Wildman–Crippen MR) is 130 cm³/mol. The lowest BCUT2D eigenvalue weighted by Crippen LogP contribution is -1.97. The molecule has 0 saturated carbocycles. The number of nitrogens with zero attached hydrogens (tertiary/aromatic N) is 1. The Hall–Kier alpha value is -1.31. The molecule has 0 amide bonds. The van der Waals surface area contributed by atoms with Crippen LogP contribution in [0.2, 0.25) is 0 Å². The normalized spacial score (nSPS) is 11.4. The van der Waals surface area contributed by atoms with Crippen LogP contribution < -0.4 is 4.74 Å². The van der Waals surface area contributed by atoms with E-state index in [1.165, 1.54) is 102 Å². The second kappa shape index (κ2) is 20.0. The topological polar surface area (TPSA) is 21.6 Å². The van der Waals surface area contributed by atoms with E-state index in [1.54, 1.807) is 0 Å². The van der Waals surface area contributed by atoms with Gasteiger partial charge in [0.1, 0.15) is 5.75 Å². The molecule has 0 atom stereocenters. The van der Waals surface area contributed by atoms with Crippen LogP contribution in [0, 0.1) is 0 Å². The molecule has 0 spiro atoms. The van der Waals surface area contributed by atoms with Gasteiger partial charge in [0.2, 0.25) is 0 Å². The minimum absolute atomic E-state index is 0.836. The molecule has 0 N–H and O–H groups in total. The molecule has 2 heteroatoms. The lowest BCUT2D eigenvalue weighted by Gasteiger charge is -2.06. The zero-order valence-electron chi connectivity index (χ0n) is 19.5. The molecule has 0 aliphatic rings. The molecule has 0 fully saturated rings. The molecule has 1 rings (SSSR count). The lowest BCUT2D eigenvalue weighted by molar-refractivity contribution is 0.304. The van der Waals surface area contributed by atoms with Gasteiger partial charge in [-0.1, -0.05) is 104 Å². The summed E-state index contributed by atoms with van der Waals surface area (Å²) in [6.45, 7) is 6.30. The van der Waals surface area contributed by atoms with Crippen molar-refractivity contribution in [3.05, 3.63) is 29.8 Å². The van der Waals surface area contributed by atoms with Gasteiger partial charge in [0, 0.05) is 12.8 Å². The molecule has 1 aromatic rings. The summed E-state index contributed by atoms with van der Waals surface area (Å²) in [5.41, 5.74) is 1.17. The zero-order chi connectivity index (χ0) is 20.8. The van der Waals surface area contributed by atoms with Crippen LogP contribution in [-0.4, -0.2) is 19.4 Å². The van der Waals surface area contributed by atoms with E-state index in [4.69, 9.17) is 4.74 Å². The van der Waals surface area contributed by atoms with Crippen molar-refractivity contribution in [2.45, 2.75) is 117 Å². The van der Waals surface area contributed by atoms with Gasteiger partial charge in [0.25, 0.3) is 0 Å². The molecule has 0 saturated heterocycles. The number of ether oxygens (including phenoxy) is 1. The Balaban J connectivity index is 1.94. The summed E-state index contributed by atoms with van der Waals surface area (Å²) in [5, 5.41) is 0. The Labute approximate surface area is 181 Å². The minimum atomic E-state index is 0.836. The van der Waals surface area contributed by atoms with Gasteiger partial charge in [0.05, 0.1) is 6.61 Å². The Morgan fingerprint density at radius 2 is 1.10 bits per heavy atom. The molecule has 0 aliphatic heterocycles. The molecule has 0 unspecified atom stereocenters. The molecule has 0 aliphatic carbocycles. The Morgan fingerprint density at radius 1 is 0.621 bits per heavy atom. The molecule has 0 aromatic heterocycles. The Bertz CT molecular complexity index is 480. The quantitative estimate of drug-likeness (QED) is 0.158. The summed E-state index contributed by atoms with van der Waals surface area (Å²) in [4.78, 5) is 4.52. The lowest BCUT2D eigenvalue weighted by atomic mass is 10.1. The van der Waals surface area contributed by atoms with E-state index in [2.05, 4.69) is 43.1 Å². The fraction of sp³-hybridized carbons (Fsp3) is 0.741. The number of hydrogen-bond donors (Lipinski definition) is 0. The molecule has 29 heavy (non-hydrogen) atoms. The number of unbranched alkanes of at least 4 members (excludes halogenated alkanes) is 14. The average Bonchev–Trinajstić information content (AvgIpc) is 2.75. The highest BCUT2D eigenvalue weighted by Crippen LogP contribution is 2.14. The molecular formula is C27H47NO. The maximum atomic E-state index is 5.88. The van der Waals surface area contributed by atoms with Gasteiger partial charge >= 0.3 is 0 Å². The van der Waals surface area contributed by atoms with Gasteiger partial charge in [0.15, 0.2) is 0 Å². The van der Waals surface area contributed by atoms with Crippen molar-refractivity contribution in [2.75, 3.05) is 13.2 Å². The van der Waals surface area contributed by atoms with Crippen LogP contribution in [0.4, 0.5) is 0 Å². The second-order valence-electron chi connectivity index (χ2n) is 8.40. The first kappa shape index (κ1) is 25.7. The average molecular weight is 402 g/mol. The van der Waals surface area contributed by atoms with Gasteiger partial charge in [-0.2, -0.15) is 0 Å². The van der Waals surface area contributed by atoms with Crippen molar-refractivity contribution in [1.29, 1.82) is 0 Å². The third-order valence-corrected chi connectivity index (χ3v) is 5.53. The number of rotatable bonds is 20. The number of hydrogen-bond acceptors (Lipinski definition) is 2. The maximum absolute atomic E-state index is 5.88. The van der Waals surface area contributed by atoms with E-state index in [0.29, 0.717) is 0 Å². The van der Waals surface area contributed by atoms with Crippen LogP contribution in [0.5, 0.6) is 5.75 Å². The highest BCUT2D eigenvalue weighted by atomic mass is 16.5. The maximum Gasteiger partial charge on any atom is 0.119 e. The van der Waals surface area contributed by atoms with Crippen LogP contribution >= 0.6 is 0 Å². The fourth-order valence-corrected chi connectivity index (χ4v) is 3.58. The van der Waals surface area contributed by atoms with E-state index in [1.807, 2.05) is 6.21 Å². The highest BCUT2D eigenvalue weighted by molar-refractivity contribution is 5.79. The van der Waals surface area contributed by atoms with Crippen molar-refractivity contribution in [2.24, 2.45) is 4.99 Å². The largest absolute Gasteiger partial charge is 0.494 e. The van der Waals surface area contributed by atoms with Crippen LogP contribution in [0.15, 0.2) is 29.3 Å². The van der Waals surface area contributed by atoms with E-state index < -0.39 is 0 Å². The van der Waals surface area contributed by atoms with Gasteiger partial charge < -0.3 is 4.74 Å². The van der Waals surface area contributed by atoms with Gasteiger partial charge in [-0.05, 0) is 42.7 Å². The summed E-state index contributed by atoms with van der Waals surface area (Å²) in [7, 11) is 0. The van der Waals surface area contributed by atoms with E-state index in [0.717, 1.165) is 25.3 Å². The molecule has 0 heterocycles. The van der Waals surface area contributed by atoms with Gasteiger partial charge in [-0.25, -0.2) is 0 Å². The Morgan fingerprint density at radius 3 is 1.66 bits per heavy atom. The fourth-order valence-electron chi connectivity index (χ4n) is 3.58. The summed E-state index contributed by atoms with van der Waals surface area (Å²) in [5.74, 6) is 0.980. The van der Waals surface area contributed by atoms with Crippen molar-refractivity contribution in [3.63, 3.8) is 0 Å². The minimum Gasteiger partial charge on any atom is -0.494 e. The van der Waals surface area contributed by atoms with Crippen LogP contribution in [-0.2, 0) is 0 Å². The standard InChI is InChI=1S/C27H47NO/c1-3-5-7-9-10-11-12-13-14-15-16-18-24-29-27-21-19-26(20-22-27)25-28-23-17-8-6-4-2/h19-22,25H,3-18,23-24H2,1-2H3. The van der Waals surface area contributed by atoms with Crippen molar-refractivity contribution in [3.8, 4) is 5.75 Å². The molecule has 2 nitrogen and oxygen atoms in total. The first-order valence-corrected chi connectivity index (χ1v) is 12.6. The van der Waals surface area contributed by atoms with E-state index in [9.17, 15) is 0 Å². The summed E-state index contributed by atoms with van der Waals surface area (Å²) < 4.78 is 5.88. The third-order valence-electron chi connectivity index (χ3n) is 5.53. The van der Waals surface area contributed by atoms with E-state index in [-0.39, 0.29) is 0 Å². The van der Waals surface area contributed by atoms with E-state index >= 15 is 0 Å². The summed E-state index contributed by atoms with van der Waals surface area (Å²) in [6.07, 6.45) is 23.6. The summed E-state index contributed by atoms with van der Waals surface area (Å²) >= 11 is 0. The summed E-state index contributed by atoms with van der Waals surface area (Å²) in [6, 6.07) is 8.35. The second-order valence-corrected chi connectivity index (χ2v) is 8.40. The van der Waals surface area contributed by atoms with Crippen LogP contribution in [0.1, 0.15) is 122 Å². The SMILES string of the molecule is CCCCCCCCCCCCCCOc1ccc(C=NCCCCCC)cc1. The molecule has 1 aromatic carbocycles. The monoisotopic (exact) mass is 401 g/mol. The van der Waals surface area contributed by atoms with Crippen molar-refractivity contribution in [1.82, 2.24) is 0 Å². The van der Waals surface area contributed by atoms with Crippen LogP contribution in [0.25, 0.3) is 0 Å². The van der Waals surface area contributed by atoms with Crippen molar-refractivity contribution < 1.29 is 4.74 Å².